The molecule has 1 heterocycles. The van der Waals surface area contributed by atoms with E-state index in [1.54, 1.807) is 6.08 Å². The molecule has 0 radical (unpaired) electrons. The first-order valence-electron chi connectivity index (χ1n) is 24.9. The van der Waals surface area contributed by atoms with Crippen LogP contribution in [0.25, 0.3) is 0 Å². The zero-order chi connectivity index (χ0) is 43.7. The Kier molecular flexibility index (Phi) is 38.5. The number of aliphatic hydroxyl groups is 5. The van der Waals surface area contributed by atoms with Crippen molar-refractivity contribution in [1.82, 2.24) is 5.32 Å². The van der Waals surface area contributed by atoms with Gasteiger partial charge in [-0.3, -0.25) is 4.79 Å². The smallest absolute Gasteiger partial charge is 0.220 e. The molecule has 0 aromatic heterocycles. The monoisotopic (exact) mass is 848 g/mol. The minimum atomic E-state index is -1.58. The van der Waals surface area contributed by atoms with Crippen molar-refractivity contribution in [2.45, 2.75) is 256 Å². The molecule has 0 aliphatic carbocycles. The van der Waals surface area contributed by atoms with Gasteiger partial charge in [-0.25, -0.2) is 0 Å². The van der Waals surface area contributed by atoms with E-state index in [0.717, 1.165) is 64.2 Å². The van der Waals surface area contributed by atoms with E-state index in [1.165, 1.54) is 128 Å². The molecule has 0 spiro atoms. The number of carbonyl (C=O) groups is 1. The fraction of sp³-hybridized carbons (Fsp3) is 0.824. The molecule has 1 rings (SSSR count). The van der Waals surface area contributed by atoms with Crippen LogP contribution in [0.4, 0.5) is 0 Å². The van der Waals surface area contributed by atoms with Gasteiger partial charge in [-0.05, 0) is 70.6 Å². The molecule has 0 bridgehead atoms. The molecule has 0 aromatic rings. The number of hydrogen-bond donors (Lipinski definition) is 6. The van der Waals surface area contributed by atoms with E-state index in [1.807, 2.05) is 6.08 Å². The van der Waals surface area contributed by atoms with Crippen LogP contribution < -0.4 is 5.32 Å². The summed E-state index contributed by atoms with van der Waals surface area (Å²) in [5.41, 5.74) is 0. The lowest BCUT2D eigenvalue weighted by atomic mass is 9.99. The van der Waals surface area contributed by atoms with Gasteiger partial charge in [0, 0.05) is 6.42 Å². The summed E-state index contributed by atoms with van der Waals surface area (Å²) in [5.74, 6) is -0.196. The van der Waals surface area contributed by atoms with Gasteiger partial charge < -0.3 is 40.3 Å². The Morgan fingerprint density at radius 2 is 0.950 bits per heavy atom. The number of allylic oxidation sites excluding steroid dienone is 7. The molecule has 0 aromatic carbocycles. The summed E-state index contributed by atoms with van der Waals surface area (Å²) in [6.45, 7) is 3.74. The number of amides is 1. The molecule has 0 saturated carbocycles. The highest BCUT2D eigenvalue weighted by Crippen LogP contribution is 2.22. The van der Waals surface area contributed by atoms with Crippen molar-refractivity contribution in [3.63, 3.8) is 0 Å². The minimum absolute atomic E-state index is 0.196. The topological polar surface area (TPSA) is 149 Å². The van der Waals surface area contributed by atoms with Crippen LogP contribution in [-0.4, -0.2) is 87.5 Å². The van der Waals surface area contributed by atoms with Crippen molar-refractivity contribution in [2.75, 3.05) is 13.2 Å². The third kappa shape index (κ3) is 31.1. The zero-order valence-corrected chi connectivity index (χ0v) is 38.5. The Morgan fingerprint density at radius 1 is 0.550 bits per heavy atom. The lowest BCUT2D eigenvalue weighted by molar-refractivity contribution is -0.302. The fourth-order valence-corrected chi connectivity index (χ4v) is 7.59. The molecule has 1 fully saturated rings. The van der Waals surface area contributed by atoms with Crippen molar-refractivity contribution in [3.05, 3.63) is 48.6 Å². The summed E-state index contributed by atoms with van der Waals surface area (Å²) in [6, 6.07) is -0.830. The van der Waals surface area contributed by atoms with Crippen LogP contribution in [0.1, 0.15) is 213 Å². The molecule has 7 unspecified atom stereocenters. The predicted molar refractivity (Wildman–Crippen MR) is 249 cm³/mol. The van der Waals surface area contributed by atoms with Gasteiger partial charge in [0.15, 0.2) is 6.29 Å². The number of nitrogens with one attached hydrogen (secondary N) is 1. The molecule has 9 nitrogen and oxygen atoms in total. The van der Waals surface area contributed by atoms with Gasteiger partial charge in [0.1, 0.15) is 24.4 Å². The summed E-state index contributed by atoms with van der Waals surface area (Å²) in [4.78, 5) is 13.0. The van der Waals surface area contributed by atoms with Crippen molar-refractivity contribution in [1.29, 1.82) is 0 Å². The zero-order valence-electron chi connectivity index (χ0n) is 38.5. The molecular weight excluding hydrogens is 755 g/mol. The van der Waals surface area contributed by atoms with Crippen molar-refractivity contribution >= 4 is 5.91 Å². The maximum absolute atomic E-state index is 13.0. The van der Waals surface area contributed by atoms with Crippen molar-refractivity contribution < 1.29 is 39.8 Å². The Bertz CT molecular complexity index is 1080. The second kappa shape index (κ2) is 41.2. The Morgan fingerprint density at radius 3 is 1.40 bits per heavy atom. The lowest BCUT2D eigenvalue weighted by Gasteiger charge is -2.40. The van der Waals surface area contributed by atoms with E-state index in [2.05, 4.69) is 55.6 Å². The molecule has 6 N–H and O–H groups in total. The van der Waals surface area contributed by atoms with Crippen molar-refractivity contribution in [3.8, 4) is 0 Å². The normalized spacial score (nSPS) is 20.9. The third-order valence-corrected chi connectivity index (χ3v) is 11.6. The van der Waals surface area contributed by atoms with Gasteiger partial charge >= 0.3 is 0 Å². The highest BCUT2D eigenvalue weighted by molar-refractivity contribution is 5.76. The Hall–Kier alpha value is -1.85. The Balaban J connectivity index is 2.34. The van der Waals surface area contributed by atoms with Gasteiger partial charge in [-0.2, -0.15) is 0 Å². The third-order valence-electron chi connectivity index (χ3n) is 11.6. The molecule has 7 atom stereocenters. The van der Waals surface area contributed by atoms with Gasteiger partial charge in [-0.1, -0.05) is 184 Å². The van der Waals surface area contributed by atoms with Crippen LogP contribution in [0.15, 0.2) is 48.6 Å². The van der Waals surface area contributed by atoms with Crippen LogP contribution in [0, 0.1) is 0 Å². The molecule has 9 heteroatoms. The summed E-state index contributed by atoms with van der Waals surface area (Å²) < 4.78 is 11.2. The van der Waals surface area contributed by atoms with Crippen LogP contribution in [0.2, 0.25) is 0 Å². The molecule has 1 aliphatic rings. The lowest BCUT2D eigenvalue weighted by Crippen LogP contribution is -2.60. The van der Waals surface area contributed by atoms with Crippen LogP contribution in [0.3, 0.4) is 0 Å². The molecule has 1 amide bonds. The summed E-state index contributed by atoms with van der Waals surface area (Å²) in [7, 11) is 0. The molecular formula is C51H93NO8. The number of carbonyl (C=O) groups excluding carboxylic acids is 1. The number of unbranched alkanes of at least 4 members (excludes halogenated alkanes) is 25. The highest BCUT2D eigenvalue weighted by Gasteiger charge is 2.44. The van der Waals surface area contributed by atoms with Gasteiger partial charge in [-0.15, -0.1) is 0 Å². The first kappa shape index (κ1) is 56.2. The summed E-state index contributed by atoms with van der Waals surface area (Å²) in [5, 5.41) is 54.2. The quantitative estimate of drug-likeness (QED) is 0.0263. The highest BCUT2D eigenvalue weighted by atomic mass is 16.7. The van der Waals surface area contributed by atoms with Crippen LogP contribution >= 0.6 is 0 Å². The van der Waals surface area contributed by atoms with E-state index < -0.39 is 49.5 Å². The molecule has 350 valence electrons. The van der Waals surface area contributed by atoms with E-state index in [4.69, 9.17) is 9.47 Å². The molecule has 60 heavy (non-hydrogen) atoms. The number of hydrogen-bond acceptors (Lipinski definition) is 8. The van der Waals surface area contributed by atoms with Gasteiger partial charge in [0.2, 0.25) is 5.91 Å². The number of rotatable bonds is 41. The average molecular weight is 848 g/mol. The maximum atomic E-state index is 13.0. The first-order valence-corrected chi connectivity index (χ1v) is 24.9. The maximum Gasteiger partial charge on any atom is 0.220 e. The number of ether oxygens (including phenoxy) is 2. The molecule has 1 aliphatic heterocycles. The van der Waals surface area contributed by atoms with Crippen molar-refractivity contribution in [2.24, 2.45) is 0 Å². The van der Waals surface area contributed by atoms with Gasteiger partial charge in [0.05, 0.1) is 25.4 Å². The van der Waals surface area contributed by atoms with Crippen LogP contribution in [-0.2, 0) is 14.3 Å². The number of aliphatic hydroxyl groups excluding tert-OH is 5. The average Bonchev–Trinajstić information content (AvgIpc) is 3.25. The predicted octanol–water partition coefficient (Wildman–Crippen LogP) is 11.0. The standard InChI is InChI=1S/C51H93NO8/c1-3-5-7-9-11-13-15-17-19-21-22-23-24-25-27-29-31-33-35-37-39-41-47(55)52-44(43-59-51-50(58)49(57)48(56)46(42-53)60-51)45(54)40-38-36-34-32-30-28-26-20-18-16-14-12-10-8-6-4-2/h18,20,23-24,30,32,38,40,44-46,48-51,53-54,56-58H,3-17,19,21-22,25-29,31,33-37,39,41-43H2,1-2H3,(H,52,55)/b20-18+,24-23-,32-30+,40-38+. The van der Waals surface area contributed by atoms with E-state index in [0.29, 0.717) is 6.42 Å². The first-order chi connectivity index (χ1) is 29.3. The second-order valence-corrected chi connectivity index (χ2v) is 17.2. The molecule has 1 saturated heterocycles. The van der Waals surface area contributed by atoms with E-state index in [9.17, 15) is 30.3 Å². The second-order valence-electron chi connectivity index (χ2n) is 17.2. The van der Waals surface area contributed by atoms with Crippen LogP contribution in [0.5, 0.6) is 0 Å². The van der Waals surface area contributed by atoms with E-state index in [-0.39, 0.29) is 12.5 Å². The SMILES string of the molecule is CCCCCCCC/C=C/CC/C=C/CC/C=C/C(O)C(COC1OC(CO)C(O)C(O)C1O)NC(=O)CCCCCCCCC/C=C\CCCCCCCCCCCC. The van der Waals surface area contributed by atoms with E-state index >= 15 is 0 Å². The van der Waals surface area contributed by atoms with Gasteiger partial charge in [0.25, 0.3) is 0 Å². The fourth-order valence-electron chi connectivity index (χ4n) is 7.59. The minimum Gasteiger partial charge on any atom is -0.394 e. The summed E-state index contributed by atoms with van der Waals surface area (Å²) in [6.07, 6.45) is 45.9. The Labute approximate surface area is 367 Å². The largest absolute Gasteiger partial charge is 0.394 e. The summed E-state index contributed by atoms with van der Waals surface area (Å²) >= 11 is 0.